The summed E-state index contributed by atoms with van der Waals surface area (Å²) in [4.78, 5) is 10.5. The Morgan fingerprint density at radius 3 is 2.90 bits per heavy atom. The van der Waals surface area contributed by atoms with Gasteiger partial charge in [0.1, 0.15) is 0 Å². The van der Waals surface area contributed by atoms with Crippen molar-refractivity contribution in [2.75, 3.05) is 7.11 Å². The normalized spacial score (nSPS) is 11.3. The van der Waals surface area contributed by atoms with Gasteiger partial charge in [0.2, 0.25) is 0 Å². The highest BCUT2D eigenvalue weighted by Crippen LogP contribution is 1.87. The van der Waals surface area contributed by atoms with Crippen molar-refractivity contribution in [3.8, 4) is 6.07 Å². The Morgan fingerprint density at radius 2 is 2.50 bits per heavy atom. The molecule has 0 saturated heterocycles. The second-order valence-corrected chi connectivity index (χ2v) is 1.90. The lowest BCUT2D eigenvalue weighted by atomic mass is 10.3. The molecule has 0 spiro atoms. The highest BCUT2D eigenvalue weighted by molar-refractivity contribution is 5.67. The van der Waals surface area contributed by atoms with Crippen LogP contribution in [0.15, 0.2) is 0 Å². The van der Waals surface area contributed by atoms with E-state index >= 15 is 0 Å². The van der Waals surface area contributed by atoms with Gasteiger partial charge in [-0.05, 0) is 6.92 Å². The minimum atomic E-state index is -0.497. The zero-order chi connectivity index (χ0) is 7.98. The van der Waals surface area contributed by atoms with E-state index in [2.05, 4.69) is 10.1 Å². The van der Waals surface area contributed by atoms with Gasteiger partial charge in [0.15, 0.2) is 0 Å². The first-order valence-corrected chi connectivity index (χ1v) is 2.92. The summed E-state index contributed by atoms with van der Waals surface area (Å²) in [5, 5.41) is 10.6. The monoisotopic (exact) mass is 142 g/mol. The molecule has 0 fully saturated rings. The van der Waals surface area contributed by atoms with E-state index in [-0.39, 0.29) is 6.04 Å². The lowest BCUT2D eigenvalue weighted by Gasteiger charge is -2.07. The van der Waals surface area contributed by atoms with Crippen molar-refractivity contribution in [1.29, 1.82) is 5.26 Å². The number of carbonyl (C=O) groups excluding carboxylic acids is 1. The maximum absolute atomic E-state index is 10.5. The molecule has 0 aliphatic rings. The van der Waals surface area contributed by atoms with Gasteiger partial charge in [0.25, 0.3) is 0 Å². The van der Waals surface area contributed by atoms with E-state index in [9.17, 15) is 4.79 Å². The molecular formula is C6H10N2O2. The smallest absolute Gasteiger partial charge is 0.407 e. The van der Waals surface area contributed by atoms with Gasteiger partial charge in [-0.15, -0.1) is 0 Å². The fourth-order valence-corrected chi connectivity index (χ4v) is 0.448. The number of amides is 1. The van der Waals surface area contributed by atoms with Gasteiger partial charge in [0.05, 0.1) is 19.6 Å². The second-order valence-electron chi connectivity index (χ2n) is 1.90. The molecule has 0 rings (SSSR count). The maximum Gasteiger partial charge on any atom is 0.407 e. The van der Waals surface area contributed by atoms with Crippen LogP contribution in [0.1, 0.15) is 13.3 Å². The van der Waals surface area contributed by atoms with Crippen LogP contribution in [0.4, 0.5) is 4.79 Å². The van der Waals surface area contributed by atoms with Crippen LogP contribution >= 0.6 is 0 Å². The molecule has 0 aromatic rings. The van der Waals surface area contributed by atoms with Crippen LogP contribution in [0.3, 0.4) is 0 Å². The molecule has 1 unspecified atom stereocenters. The first-order valence-electron chi connectivity index (χ1n) is 2.92. The molecule has 56 valence electrons. The summed E-state index contributed by atoms with van der Waals surface area (Å²) >= 11 is 0. The van der Waals surface area contributed by atoms with E-state index < -0.39 is 6.09 Å². The molecule has 0 aliphatic heterocycles. The zero-order valence-corrected chi connectivity index (χ0v) is 6.05. The average Bonchev–Trinajstić information content (AvgIpc) is 1.88. The van der Waals surface area contributed by atoms with E-state index in [4.69, 9.17) is 5.26 Å². The van der Waals surface area contributed by atoms with Gasteiger partial charge in [-0.3, -0.25) is 0 Å². The molecule has 4 nitrogen and oxygen atoms in total. The Morgan fingerprint density at radius 1 is 1.90 bits per heavy atom. The summed E-state index contributed by atoms with van der Waals surface area (Å²) in [5.74, 6) is 0. The van der Waals surface area contributed by atoms with Crippen LogP contribution < -0.4 is 5.32 Å². The molecule has 1 atom stereocenters. The lowest BCUT2D eigenvalue weighted by molar-refractivity contribution is 0.167. The van der Waals surface area contributed by atoms with Gasteiger partial charge < -0.3 is 10.1 Å². The number of alkyl carbamates (subject to hydrolysis) is 1. The largest absolute Gasteiger partial charge is 0.453 e. The van der Waals surface area contributed by atoms with E-state index in [1.54, 1.807) is 6.92 Å². The summed E-state index contributed by atoms with van der Waals surface area (Å²) in [6, 6.07) is 1.79. The van der Waals surface area contributed by atoms with Gasteiger partial charge >= 0.3 is 6.09 Å². The van der Waals surface area contributed by atoms with Crippen LogP contribution in [-0.2, 0) is 4.74 Å². The predicted octanol–water partition coefficient (Wildman–Crippen LogP) is 0.645. The number of hydrogen-bond donors (Lipinski definition) is 1. The number of carbonyl (C=O) groups is 1. The van der Waals surface area contributed by atoms with Crippen molar-refractivity contribution < 1.29 is 9.53 Å². The third-order valence-corrected chi connectivity index (χ3v) is 0.947. The Labute approximate surface area is 59.8 Å². The summed E-state index contributed by atoms with van der Waals surface area (Å²) in [6.45, 7) is 1.74. The van der Waals surface area contributed by atoms with E-state index in [1.165, 1.54) is 7.11 Å². The molecule has 1 amide bonds. The molecule has 0 saturated carbocycles. The van der Waals surface area contributed by atoms with Crippen molar-refractivity contribution in [3.63, 3.8) is 0 Å². The van der Waals surface area contributed by atoms with Gasteiger partial charge in [-0.2, -0.15) is 5.26 Å². The fraction of sp³-hybridized carbons (Fsp3) is 0.667. The van der Waals surface area contributed by atoms with Crippen molar-refractivity contribution in [3.05, 3.63) is 0 Å². The van der Waals surface area contributed by atoms with E-state index in [0.717, 1.165) is 0 Å². The van der Waals surface area contributed by atoms with Gasteiger partial charge in [0, 0.05) is 6.04 Å². The molecule has 1 N–H and O–H groups in total. The van der Waals surface area contributed by atoms with Gasteiger partial charge in [-0.1, -0.05) is 0 Å². The summed E-state index contributed by atoms with van der Waals surface area (Å²) in [7, 11) is 1.29. The topological polar surface area (TPSA) is 62.1 Å². The summed E-state index contributed by atoms with van der Waals surface area (Å²) in [5.41, 5.74) is 0. The minimum Gasteiger partial charge on any atom is -0.453 e. The third-order valence-electron chi connectivity index (χ3n) is 0.947. The minimum absolute atomic E-state index is 0.141. The molecule has 0 aromatic heterocycles. The quantitative estimate of drug-likeness (QED) is 0.615. The fourth-order valence-electron chi connectivity index (χ4n) is 0.448. The molecule has 0 aliphatic carbocycles. The Hall–Kier alpha value is -1.24. The van der Waals surface area contributed by atoms with Crippen LogP contribution in [-0.4, -0.2) is 19.2 Å². The van der Waals surface area contributed by atoms with Gasteiger partial charge in [-0.25, -0.2) is 4.79 Å². The van der Waals surface area contributed by atoms with Crippen molar-refractivity contribution in [2.45, 2.75) is 19.4 Å². The van der Waals surface area contributed by atoms with Crippen molar-refractivity contribution in [2.24, 2.45) is 0 Å². The number of nitrogens with one attached hydrogen (secondary N) is 1. The van der Waals surface area contributed by atoms with Crippen molar-refractivity contribution >= 4 is 6.09 Å². The Kier molecular flexibility index (Phi) is 4.05. The standard InChI is InChI=1S/C6H10N2O2/c1-5(3-4-7)8-6(9)10-2/h5H,3H2,1-2H3,(H,8,9). The van der Waals surface area contributed by atoms with Crippen LogP contribution in [0.5, 0.6) is 0 Å². The summed E-state index contributed by atoms with van der Waals surface area (Å²) in [6.07, 6.45) is -0.197. The van der Waals surface area contributed by atoms with E-state index in [1.807, 2.05) is 6.07 Å². The lowest BCUT2D eigenvalue weighted by Crippen LogP contribution is -2.31. The SMILES string of the molecule is COC(=O)NC(C)CC#N. The van der Waals surface area contributed by atoms with Crippen LogP contribution in [0, 0.1) is 11.3 Å². The van der Waals surface area contributed by atoms with Crippen LogP contribution in [0.2, 0.25) is 0 Å². The number of rotatable bonds is 2. The van der Waals surface area contributed by atoms with Crippen LogP contribution in [0.25, 0.3) is 0 Å². The molecule has 0 heterocycles. The predicted molar refractivity (Wildman–Crippen MR) is 35.2 cm³/mol. The van der Waals surface area contributed by atoms with Crippen molar-refractivity contribution in [1.82, 2.24) is 5.32 Å². The molecule has 0 bridgehead atoms. The second kappa shape index (κ2) is 4.62. The average molecular weight is 142 g/mol. The number of hydrogen-bond acceptors (Lipinski definition) is 3. The third kappa shape index (κ3) is 3.72. The van der Waals surface area contributed by atoms with E-state index in [0.29, 0.717) is 6.42 Å². The Balaban J connectivity index is 3.49. The number of nitrogens with zero attached hydrogens (tertiary/aromatic N) is 1. The number of methoxy groups -OCH3 is 1. The summed E-state index contributed by atoms with van der Waals surface area (Å²) < 4.78 is 4.31. The molecule has 10 heavy (non-hydrogen) atoms. The molecule has 0 aromatic carbocycles. The first-order chi connectivity index (χ1) is 4.70. The molecule has 0 radical (unpaired) electrons. The highest BCUT2D eigenvalue weighted by Gasteiger charge is 2.04. The number of nitriles is 1. The zero-order valence-electron chi connectivity index (χ0n) is 6.05. The first kappa shape index (κ1) is 8.76. The Bertz CT molecular complexity index is 150. The molecular weight excluding hydrogens is 132 g/mol. The molecule has 4 heteroatoms. The highest BCUT2D eigenvalue weighted by atomic mass is 16.5. The number of ether oxygens (including phenoxy) is 1. The maximum atomic E-state index is 10.5.